The lowest BCUT2D eigenvalue weighted by Crippen LogP contribution is -2.33. The van der Waals surface area contributed by atoms with Crippen LogP contribution in [0.25, 0.3) is 0 Å². The van der Waals surface area contributed by atoms with Gasteiger partial charge in [-0.3, -0.25) is 14.4 Å². The van der Waals surface area contributed by atoms with Gasteiger partial charge in [0.15, 0.2) is 24.0 Å². The van der Waals surface area contributed by atoms with E-state index in [-0.39, 0.29) is 22.3 Å². The highest BCUT2D eigenvalue weighted by Crippen LogP contribution is 2.30. The summed E-state index contributed by atoms with van der Waals surface area (Å²) in [4.78, 5) is 52.1. The summed E-state index contributed by atoms with van der Waals surface area (Å²) >= 11 is 0. The van der Waals surface area contributed by atoms with Gasteiger partial charge >= 0.3 is 5.97 Å². The van der Waals surface area contributed by atoms with Gasteiger partial charge in [-0.1, -0.05) is 30.3 Å². The molecule has 0 aromatic heterocycles. The van der Waals surface area contributed by atoms with Gasteiger partial charge in [-0.05, 0) is 50.2 Å². The first-order valence-electron chi connectivity index (χ1n) is 11.1. The van der Waals surface area contributed by atoms with E-state index in [1.165, 1.54) is 12.1 Å². The highest BCUT2D eigenvalue weighted by molar-refractivity contribution is 6.21. The molecule has 0 radical (unpaired) electrons. The van der Waals surface area contributed by atoms with Crippen molar-refractivity contribution in [2.24, 2.45) is 0 Å². The molecule has 2 amide bonds. The van der Waals surface area contributed by atoms with Crippen LogP contribution in [-0.2, 0) is 4.74 Å². The number of ether oxygens (including phenoxy) is 3. The van der Waals surface area contributed by atoms with Crippen LogP contribution >= 0.6 is 0 Å². The SMILES string of the molecule is CCOc1ccc(C(=O)c2ccccc2C(=O)OCN2C(=O)c3ccccc3C2=O)cc1OCC. The lowest BCUT2D eigenvalue weighted by Gasteiger charge is -2.15. The molecular formula is C27H23NO7. The van der Waals surface area contributed by atoms with Crippen molar-refractivity contribution in [2.75, 3.05) is 19.9 Å². The van der Waals surface area contributed by atoms with Gasteiger partial charge in [-0.25, -0.2) is 9.69 Å². The quantitative estimate of drug-likeness (QED) is 0.262. The Morgan fingerprint density at radius 1 is 0.743 bits per heavy atom. The number of hydrogen-bond acceptors (Lipinski definition) is 7. The first-order chi connectivity index (χ1) is 17.0. The van der Waals surface area contributed by atoms with E-state index in [0.29, 0.717) is 30.3 Å². The lowest BCUT2D eigenvalue weighted by atomic mass is 9.98. The molecule has 0 atom stereocenters. The number of nitrogens with zero attached hydrogens (tertiary/aromatic N) is 1. The number of carbonyl (C=O) groups excluding carboxylic acids is 4. The average Bonchev–Trinajstić information content (AvgIpc) is 3.13. The average molecular weight is 473 g/mol. The molecule has 4 rings (SSSR count). The molecule has 0 fully saturated rings. The summed E-state index contributed by atoms with van der Waals surface area (Å²) in [6, 6.07) is 17.4. The van der Waals surface area contributed by atoms with Gasteiger partial charge in [0.05, 0.1) is 29.9 Å². The Morgan fingerprint density at radius 2 is 1.31 bits per heavy atom. The van der Waals surface area contributed by atoms with E-state index in [9.17, 15) is 19.2 Å². The Hall–Kier alpha value is -4.46. The molecular weight excluding hydrogens is 450 g/mol. The van der Waals surface area contributed by atoms with Gasteiger partial charge in [0.25, 0.3) is 11.8 Å². The maximum atomic E-state index is 13.3. The van der Waals surface area contributed by atoms with Crippen LogP contribution < -0.4 is 9.47 Å². The molecule has 178 valence electrons. The Kier molecular flexibility index (Phi) is 6.91. The number of carbonyl (C=O) groups is 4. The van der Waals surface area contributed by atoms with Gasteiger partial charge in [-0.2, -0.15) is 0 Å². The van der Waals surface area contributed by atoms with Gasteiger partial charge < -0.3 is 14.2 Å². The molecule has 0 spiro atoms. The number of fused-ring (bicyclic) bond motifs is 1. The number of amides is 2. The molecule has 0 N–H and O–H groups in total. The minimum absolute atomic E-state index is 0.0148. The second kappa shape index (κ2) is 10.2. The Balaban J connectivity index is 1.54. The van der Waals surface area contributed by atoms with Crippen LogP contribution in [0.3, 0.4) is 0 Å². The van der Waals surface area contributed by atoms with Crippen molar-refractivity contribution >= 4 is 23.6 Å². The number of esters is 1. The number of rotatable bonds is 9. The zero-order chi connectivity index (χ0) is 24.9. The fourth-order valence-electron chi connectivity index (χ4n) is 3.76. The minimum Gasteiger partial charge on any atom is -0.490 e. The van der Waals surface area contributed by atoms with Gasteiger partial charge in [0, 0.05) is 11.1 Å². The normalized spacial score (nSPS) is 12.3. The summed E-state index contributed by atoms with van der Waals surface area (Å²) in [5.41, 5.74) is 0.944. The zero-order valence-corrected chi connectivity index (χ0v) is 19.3. The maximum Gasteiger partial charge on any atom is 0.340 e. The van der Waals surface area contributed by atoms with Crippen LogP contribution in [0.5, 0.6) is 11.5 Å². The van der Waals surface area contributed by atoms with E-state index in [2.05, 4.69) is 0 Å². The molecule has 1 aliphatic heterocycles. The third-order valence-corrected chi connectivity index (χ3v) is 5.40. The van der Waals surface area contributed by atoms with Crippen LogP contribution in [-0.4, -0.2) is 48.4 Å². The van der Waals surface area contributed by atoms with Crippen LogP contribution in [0, 0.1) is 0 Å². The second-order valence-corrected chi connectivity index (χ2v) is 7.55. The van der Waals surface area contributed by atoms with E-state index < -0.39 is 30.3 Å². The second-order valence-electron chi connectivity index (χ2n) is 7.55. The smallest absolute Gasteiger partial charge is 0.340 e. The van der Waals surface area contributed by atoms with Crippen molar-refractivity contribution in [1.29, 1.82) is 0 Å². The van der Waals surface area contributed by atoms with Crippen molar-refractivity contribution in [1.82, 2.24) is 4.90 Å². The first kappa shape index (κ1) is 23.7. The largest absolute Gasteiger partial charge is 0.490 e. The molecule has 3 aromatic rings. The molecule has 8 nitrogen and oxygen atoms in total. The molecule has 0 unspecified atom stereocenters. The van der Waals surface area contributed by atoms with E-state index in [1.54, 1.807) is 54.6 Å². The van der Waals surface area contributed by atoms with Gasteiger partial charge in [0.2, 0.25) is 0 Å². The predicted octanol–water partition coefficient (Wildman–Crippen LogP) is 4.13. The Morgan fingerprint density at radius 3 is 1.94 bits per heavy atom. The fourth-order valence-corrected chi connectivity index (χ4v) is 3.76. The highest BCUT2D eigenvalue weighted by Gasteiger charge is 2.36. The standard InChI is InChI=1S/C27H23NO7/c1-3-33-22-14-13-17(15-23(22)34-4-2)24(29)18-9-5-8-12-21(18)27(32)35-16-28-25(30)19-10-6-7-11-20(19)26(28)31/h5-15H,3-4,16H2,1-2H3. The third kappa shape index (κ3) is 4.63. The van der Waals surface area contributed by atoms with Crippen LogP contribution in [0.2, 0.25) is 0 Å². The van der Waals surface area contributed by atoms with Crippen molar-refractivity contribution < 1.29 is 33.4 Å². The minimum atomic E-state index is -0.832. The summed E-state index contributed by atoms with van der Waals surface area (Å²) in [6.07, 6.45) is 0. The van der Waals surface area contributed by atoms with Crippen molar-refractivity contribution in [3.05, 3.63) is 94.5 Å². The van der Waals surface area contributed by atoms with Gasteiger partial charge in [0.1, 0.15) is 0 Å². The van der Waals surface area contributed by atoms with Gasteiger partial charge in [-0.15, -0.1) is 0 Å². The van der Waals surface area contributed by atoms with Crippen molar-refractivity contribution in [3.8, 4) is 11.5 Å². The maximum absolute atomic E-state index is 13.3. The Bertz CT molecular complexity index is 1280. The molecule has 1 aliphatic rings. The van der Waals surface area contributed by atoms with Crippen molar-refractivity contribution in [3.63, 3.8) is 0 Å². The van der Waals surface area contributed by atoms with Crippen LogP contribution in [0.15, 0.2) is 66.7 Å². The first-order valence-corrected chi connectivity index (χ1v) is 11.1. The van der Waals surface area contributed by atoms with Crippen LogP contribution in [0.4, 0.5) is 0 Å². The molecule has 8 heteroatoms. The van der Waals surface area contributed by atoms with E-state index in [4.69, 9.17) is 14.2 Å². The summed E-state index contributed by atoms with van der Waals surface area (Å²) in [5.74, 6) is -1.39. The zero-order valence-electron chi connectivity index (χ0n) is 19.3. The van der Waals surface area contributed by atoms with E-state index in [0.717, 1.165) is 4.90 Å². The summed E-state index contributed by atoms with van der Waals surface area (Å²) in [6.45, 7) is 3.93. The van der Waals surface area contributed by atoms with Crippen molar-refractivity contribution in [2.45, 2.75) is 13.8 Å². The third-order valence-electron chi connectivity index (χ3n) is 5.40. The number of imide groups is 1. The fraction of sp³-hybridized carbons (Fsp3) is 0.185. The molecule has 0 bridgehead atoms. The highest BCUT2D eigenvalue weighted by atomic mass is 16.5. The molecule has 35 heavy (non-hydrogen) atoms. The van der Waals surface area contributed by atoms with Crippen LogP contribution in [0.1, 0.15) is 60.8 Å². The topological polar surface area (TPSA) is 99.2 Å². The summed E-state index contributed by atoms with van der Waals surface area (Å²) in [5, 5.41) is 0. The summed E-state index contributed by atoms with van der Waals surface area (Å²) < 4.78 is 16.4. The monoisotopic (exact) mass is 473 g/mol. The predicted molar refractivity (Wildman–Crippen MR) is 126 cm³/mol. The number of hydrogen-bond donors (Lipinski definition) is 0. The molecule has 0 saturated heterocycles. The number of ketones is 1. The van der Waals surface area contributed by atoms with E-state index in [1.807, 2.05) is 13.8 Å². The van der Waals surface area contributed by atoms with E-state index >= 15 is 0 Å². The molecule has 0 saturated carbocycles. The molecule has 1 heterocycles. The molecule has 0 aliphatic carbocycles. The number of benzene rings is 3. The Labute approximate surface area is 202 Å². The summed E-state index contributed by atoms with van der Waals surface area (Å²) in [7, 11) is 0. The molecule has 3 aromatic carbocycles. The lowest BCUT2D eigenvalue weighted by molar-refractivity contribution is 0.0226.